The molecule has 0 radical (unpaired) electrons. The number of rotatable bonds is 7. The highest BCUT2D eigenvalue weighted by molar-refractivity contribution is 5.75. The minimum absolute atomic E-state index is 0.199. The highest BCUT2D eigenvalue weighted by atomic mass is 16.1. The van der Waals surface area contributed by atoms with E-state index < -0.39 is 0 Å². The molecule has 0 saturated carbocycles. The van der Waals surface area contributed by atoms with E-state index in [0.29, 0.717) is 13.0 Å². The summed E-state index contributed by atoms with van der Waals surface area (Å²) in [5.41, 5.74) is 2.62. The number of benzene rings is 1. The quantitative estimate of drug-likeness (QED) is 0.808. The second-order valence-electron chi connectivity index (χ2n) is 7.26. The van der Waals surface area contributed by atoms with Crippen LogP contribution in [0.25, 0.3) is 0 Å². The van der Waals surface area contributed by atoms with E-state index in [-0.39, 0.29) is 5.91 Å². The molecule has 0 atom stereocenters. The van der Waals surface area contributed by atoms with Crippen molar-refractivity contribution in [3.63, 3.8) is 0 Å². The van der Waals surface area contributed by atoms with Crippen molar-refractivity contribution in [3.8, 4) is 0 Å². The first-order valence-electron chi connectivity index (χ1n) is 9.58. The first kappa shape index (κ1) is 17.4. The third-order valence-corrected chi connectivity index (χ3v) is 5.43. The predicted molar refractivity (Wildman–Crippen MR) is 97.6 cm³/mol. The number of likely N-dealkylation sites (tertiary alicyclic amines) is 1. The van der Waals surface area contributed by atoms with E-state index in [1.54, 1.807) is 0 Å². The van der Waals surface area contributed by atoms with Gasteiger partial charge in [-0.25, -0.2) is 0 Å². The number of carbonyl (C=O) groups excluding carboxylic acids is 1. The Hall–Kier alpha value is -1.39. The van der Waals surface area contributed by atoms with Crippen molar-refractivity contribution in [3.05, 3.63) is 35.4 Å². The van der Waals surface area contributed by atoms with Crippen molar-refractivity contribution in [2.75, 3.05) is 26.2 Å². The van der Waals surface area contributed by atoms with Gasteiger partial charge in [-0.1, -0.05) is 24.3 Å². The van der Waals surface area contributed by atoms with Crippen LogP contribution in [0, 0.1) is 5.92 Å². The van der Waals surface area contributed by atoms with Crippen LogP contribution in [0.4, 0.5) is 0 Å². The molecule has 1 aromatic carbocycles. The van der Waals surface area contributed by atoms with Crippen LogP contribution in [0.3, 0.4) is 0 Å². The van der Waals surface area contributed by atoms with Crippen molar-refractivity contribution in [1.29, 1.82) is 0 Å². The van der Waals surface area contributed by atoms with Gasteiger partial charge in [-0.2, -0.15) is 0 Å². The molecular weight excluding hydrogens is 298 g/mol. The number of nitrogens with one attached hydrogen (secondary N) is 2. The molecule has 132 valence electrons. The van der Waals surface area contributed by atoms with Gasteiger partial charge in [0, 0.05) is 19.5 Å². The highest BCUT2D eigenvalue weighted by Gasteiger charge is 2.16. The molecule has 24 heavy (non-hydrogen) atoms. The summed E-state index contributed by atoms with van der Waals surface area (Å²) in [5, 5.41) is 6.51. The summed E-state index contributed by atoms with van der Waals surface area (Å²) in [6.45, 7) is 6.30. The summed E-state index contributed by atoms with van der Waals surface area (Å²) in [6.07, 6.45) is 6.75. The normalized spacial score (nSPS) is 19.5. The van der Waals surface area contributed by atoms with Gasteiger partial charge in [0.1, 0.15) is 0 Å². The van der Waals surface area contributed by atoms with E-state index in [0.717, 1.165) is 32.0 Å². The first-order chi connectivity index (χ1) is 11.8. The van der Waals surface area contributed by atoms with Gasteiger partial charge in [0.25, 0.3) is 0 Å². The van der Waals surface area contributed by atoms with E-state index in [9.17, 15) is 4.79 Å². The van der Waals surface area contributed by atoms with Gasteiger partial charge < -0.3 is 10.6 Å². The van der Waals surface area contributed by atoms with Gasteiger partial charge in [-0.15, -0.1) is 0 Å². The van der Waals surface area contributed by atoms with E-state index in [1.807, 2.05) is 0 Å². The van der Waals surface area contributed by atoms with E-state index in [1.165, 1.54) is 49.9 Å². The summed E-state index contributed by atoms with van der Waals surface area (Å²) in [7, 11) is 0. The minimum atomic E-state index is 0.199. The molecule has 2 N–H and O–H groups in total. The highest BCUT2D eigenvalue weighted by Crippen LogP contribution is 2.18. The smallest absolute Gasteiger partial charge is 0.220 e. The molecule has 3 rings (SSSR count). The maximum Gasteiger partial charge on any atom is 0.220 e. The van der Waals surface area contributed by atoms with Gasteiger partial charge in [0.15, 0.2) is 0 Å². The number of nitrogens with zero attached hydrogens (tertiary/aromatic N) is 1. The van der Waals surface area contributed by atoms with Crippen molar-refractivity contribution >= 4 is 5.91 Å². The van der Waals surface area contributed by atoms with Crippen LogP contribution in [0.2, 0.25) is 0 Å². The van der Waals surface area contributed by atoms with E-state index in [4.69, 9.17) is 0 Å². The minimum Gasteiger partial charge on any atom is -0.352 e. The predicted octanol–water partition coefficient (Wildman–Crippen LogP) is 2.68. The van der Waals surface area contributed by atoms with Gasteiger partial charge in [0.2, 0.25) is 5.91 Å². The molecule has 0 unspecified atom stereocenters. The molecule has 0 aliphatic carbocycles. The standard InChI is InChI=1S/C20H31N3O/c24-20(8-7-17-9-11-21-12-10-17)22-15-18-5-1-2-6-19(18)16-23-13-3-4-14-23/h1-2,5-6,17,21H,3-4,7-16H2,(H,22,24). The summed E-state index contributed by atoms with van der Waals surface area (Å²) < 4.78 is 0. The van der Waals surface area contributed by atoms with Gasteiger partial charge >= 0.3 is 0 Å². The third-order valence-electron chi connectivity index (χ3n) is 5.43. The van der Waals surface area contributed by atoms with E-state index in [2.05, 4.69) is 39.8 Å². The molecule has 2 aliphatic heterocycles. The Balaban J connectivity index is 1.44. The summed E-state index contributed by atoms with van der Waals surface area (Å²) >= 11 is 0. The number of amides is 1. The molecule has 4 nitrogen and oxygen atoms in total. The zero-order valence-electron chi connectivity index (χ0n) is 14.7. The third kappa shape index (κ3) is 5.32. The Kier molecular flexibility index (Phi) is 6.67. The number of hydrogen-bond donors (Lipinski definition) is 2. The first-order valence-corrected chi connectivity index (χ1v) is 9.58. The van der Waals surface area contributed by atoms with Crippen LogP contribution in [0.1, 0.15) is 49.7 Å². The topological polar surface area (TPSA) is 44.4 Å². The van der Waals surface area contributed by atoms with E-state index >= 15 is 0 Å². The summed E-state index contributed by atoms with van der Waals surface area (Å²) in [4.78, 5) is 14.7. The molecular formula is C20H31N3O. The Bertz CT molecular complexity index is 519. The Labute approximate surface area is 146 Å². The molecule has 0 spiro atoms. The number of hydrogen-bond acceptors (Lipinski definition) is 3. The molecule has 2 aliphatic rings. The lowest BCUT2D eigenvalue weighted by Crippen LogP contribution is -2.29. The van der Waals surface area contributed by atoms with Crippen LogP contribution in [-0.4, -0.2) is 37.0 Å². The second kappa shape index (κ2) is 9.19. The van der Waals surface area contributed by atoms with Crippen LogP contribution >= 0.6 is 0 Å². The zero-order valence-corrected chi connectivity index (χ0v) is 14.7. The Morgan fingerprint density at radius 2 is 1.83 bits per heavy atom. The fraction of sp³-hybridized carbons (Fsp3) is 0.650. The maximum absolute atomic E-state index is 12.2. The maximum atomic E-state index is 12.2. The Morgan fingerprint density at radius 3 is 2.58 bits per heavy atom. The fourth-order valence-corrected chi connectivity index (χ4v) is 3.85. The average molecular weight is 329 g/mol. The van der Waals surface area contributed by atoms with Gasteiger partial charge in [-0.05, 0) is 75.3 Å². The van der Waals surface area contributed by atoms with Crippen LogP contribution in [0.5, 0.6) is 0 Å². The van der Waals surface area contributed by atoms with Crippen molar-refractivity contribution in [1.82, 2.24) is 15.5 Å². The van der Waals surface area contributed by atoms with Gasteiger partial charge in [0.05, 0.1) is 0 Å². The lowest BCUT2D eigenvalue weighted by molar-refractivity contribution is -0.121. The SMILES string of the molecule is O=C(CCC1CCNCC1)NCc1ccccc1CN1CCCC1. The lowest BCUT2D eigenvalue weighted by atomic mass is 9.93. The zero-order chi connectivity index (χ0) is 16.6. The molecule has 2 saturated heterocycles. The molecule has 2 heterocycles. The molecule has 0 aromatic heterocycles. The molecule has 1 aromatic rings. The summed E-state index contributed by atoms with van der Waals surface area (Å²) in [5.74, 6) is 0.920. The molecule has 2 fully saturated rings. The average Bonchev–Trinajstić information content (AvgIpc) is 3.13. The molecule has 0 bridgehead atoms. The van der Waals surface area contributed by atoms with Crippen molar-refractivity contribution < 1.29 is 4.79 Å². The second-order valence-corrected chi connectivity index (χ2v) is 7.26. The van der Waals surface area contributed by atoms with Gasteiger partial charge in [-0.3, -0.25) is 9.69 Å². The fourth-order valence-electron chi connectivity index (χ4n) is 3.85. The van der Waals surface area contributed by atoms with Crippen LogP contribution in [0.15, 0.2) is 24.3 Å². The van der Waals surface area contributed by atoms with Crippen molar-refractivity contribution in [2.24, 2.45) is 5.92 Å². The van der Waals surface area contributed by atoms with Crippen molar-refractivity contribution in [2.45, 2.75) is 51.6 Å². The van der Waals surface area contributed by atoms with Crippen LogP contribution in [-0.2, 0) is 17.9 Å². The summed E-state index contributed by atoms with van der Waals surface area (Å²) in [6, 6.07) is 8.53. The largest absolute Gasteiger partial charge is 0.352 e. The molecule has 1 amide bonds. The lowest BCUT2D eigenvalue weighted by Gasteiger charge is -2.22. The Morgan fingerprint density at radius 1 is 1.12 bits per heavy atom. The molecule has 4 heteroatoms. The van der Waals surface area contributed by atoms with Crippen LogP contribution < -0.4 is 10.6 Å². The number of piperidine rings is 1. The number of carbonyl (C=O) groups is 1. The monoisotopic (exact) mass is 329 g/mol.